The van der Waals surface area contributed by atoms with Crippen LogP contribution in [0.4, 0.5) is 14.5 Å². The molecule has 1 aromatic rings. The maximum absolute atomic E-state index is 13.7. The molecule has 2 N–H and O–H groups in total. The summed E-state index contributed by atoms with van der Waals surface area (Å²) in [5.74, 6) is -2.04. The SMILES string of the molecule is COC(=O)C1CC(N)CN(c2ccc(F)cc2F)C1. The van der Waals surface area contributed by atoms with Crippen LogP contribution in [0.5, 0.6) is 0 Å². The van der Waals surface area contributed by atoms with Crippen molar-refractivity contribution in [1.82, 2.24) is 0 Å². The van der Waals surface area contributed by atoms with E-state index in [2.05, 4.69) is 0 Å². The summed E-state index contributed by atoms with van der Waals surface area (Å²) in [5, 5.41) is 0. The van der Waals surface area contributed by atoms with Crippen molar-refractivity contribution in [2.24, 2.45) is 11.7 Å². The molecule has 1 aromatic carbocycles. The lowest BCUT2D eigenvalue weighted by molar-refractivity contribution is -0.145. The van der Waals surface area contributed by atoms with Crippen LogP contribution >= 0.6 is 0 Å². The highest BCUT2D eigenvalue weighted by molar-refractivity contribution is 5.73. The highest BCUT2D eigenvalue weighted by Gasteiger charge is 2.31. The van der Waals surface area contributed by atoms with Crippen molar-refractivity contribution in [3.8, 4) is 0 Å². The van der Waals surface area contributed by atoms with Gasteiger partial charge in [-0.05, 0) is 18.6 Å². The van der Waals surface area contributed by atoms with Crippen LogP contribution in [-0.2, 0) is 9.53 Å². The number of hydrogen-bond acceptors (Lipinski definition) is 4. The third kappa shape index (κ3) is 3.01. The molecule has 1 heterocycles. The number of methoxy groups -OCH3 is 1. The summed E-state index contributed by atoms with van der Waals surface area (Å²) < 4.78 is 31.3. The maximum atomic E-state index is 13.7. The number of anilines is 1. The van der Waals surface area contributed by atoms with Crippen LogP contribution in [0.1, 0.15) is 6.42 Å². The van der Waals surface area contributed by atoms with Crippen molar-refractivity contribution in [3.05, 3.63) is 29.8 Å². The van der Waals surface area contributed by atoms with Crippen molar-refractivity contribution in [2.45, 2.75) is 12.5 Å². The minimum atomic E-state index is -0.655. The summed E-state index contributed by atoms with van der Waals surface area (Å²) >= 11 is 0. The highest BCUT2D eigenvalue weighted by atomic mass is 19.1. The topological polar surface area (TPSA) is 55.6 Å². The van der Waals surface area contributed by atoms with E-state index < -0.39 is 17.6 Å². The van der Waals surface area contributed by atoms with Crippen LogP contribution < -0.4 is 10.6 Å². The first-order chi connectivity index (χ1) is 9.01. The van der Waals surface area contributed by atoms with Gasteiger partial charge in [-0.25, -0.2) is 8.78 Å². The van der Waals surface area contributed by atoms with E-state index in [-0.39, 0.29) is 17.7 Å². The van der Waals surface area contributed by atoms with Gasteiger partial charge in [0.05, 0.1) is 18.7 Å². The molecule has 6 heteroatoms. The number of carbonyl (C=O) groups excluding carboxylic acids is 1. The Morgan fingerprint density at radius 2 is 2.16 bits per heavy atom. The average Bonchev–Trinajstić information content (AvgIpc) is 2.37. The molecule has 1 aliphatic heterocycles. The molecule has 1 saturated heterocycles. The smallest absolute Gasteiger partial charge is 0.310 e. The third-order valence-electron chi connectivity index (χ3n) is 3.27. The summed E-state index contributed by atoms with van der Waals surface area (Å²) in [6.07, 6.45) is 0.506. The zero-order valence-electron chi connectivity index (χ0n) is 10.6. The van der Waals surface area contributed by atoms with Crippen LogP contribution in [0, 0.1) is 17.6 Å². The molecule has 0 aromatic heterocycles. The first-order valence-electron chi connectivity index (χ1n) is 6.04. The van der Waals surface area contributed by atoms with Crippen molar-refractivity contribution < 1.29 is 18.3 Å². The number of hydrogen-bond donors (Lipinski definition) is 1. The van der Waals surface area contributed by atoms with E-state index in [1.165, 1.54) is 19.2 Å². The van der Waals surface area contributed by atoms with E-state index in [0.29, 0.717) is 19.5 Å². The van der Waals surface area contributed by atoms with Gasteiger partial charge in [0.15, 0.2) is 0 Å². The molecule has 0 spiro atoms. The molecular weight excluding hydrogens is 254 g/mol. The molecular formula is C13H16F2N2O2. The summed E-state index contributed by atoms with van der Waals surface area (Å²) in [5.41, 5.74) is 6.13. The van der Waals surface area contributed by atoms with E-state index in [1.807, 2.05) is 0 Å². The summed E-state index contributed by atoms with van der Waals surface area (Å²) in [4.78, 5) is 13.2. The van der Waals surface area contributed by atoms with Gasteiger partial charge in [0, 0.05) is 25.2 Å². The van der Waals surface area contributed by atoms with Crippen molar-refractivity contribution in [1.29, 1.82) is 0 Å². The van der Waals surface area contributed by atoms with Crippen molar-refractivity contribution in [2.75, 3.05) is 25.1 Å². The number of nitrogens with two attached hydrogens (primary N) is 1. The second-order valence-corrected chi connectivity index (χ2v) is 4.72. The van der Waals surface area contributed by atoms with Gasteiger partial charge in [0.1, 0.15) is 11.6 Å². The summed E-state index contributed by atoms with van der Waals surface area (Å²) in [6, 6.07) is 3.12. The average molecular weight is 270 g/mol. The molecule has 2 atom stereocenters. The molecule has 0 bridgehead atoms. The Hall–Kier alpha value is -1.69. The second kappa shape index (κ2) is 5.52. The number of ether oxygens (including phenoxy) is 1. The van der Waals surface area contributed by atoms with Gasteiger partial charge in [0.25, 0.3) is 0 Å². The molecule has 2 rings (SSSR count). The minimum absolute atomic E-state index is 0.248. The zero-order valence-corrected chi connectivity index (χ0v) is 10.6. The third-order valence-corrected chi connectivity index (χ3v) is 3.27. The number of halogens is 2. The van der Waals surface area contributed by atoms with Gasteiger partial charge < -0.3 is 15.4 Å². The summed E-state index contributed by atoms with van der Waals surface area (Å²) in [7, 11) is 1.31. The Kier molecular flexibility index (Phi) is 3.99. The number of benzene rings is 1. The van der Waals surface area contributed by atoms with Crippen LogP contribution in [0.2, 0.25) is 0 Å². The molecule has 1 fully saturated rings. The van der Waals surface area contributed by atoms with Crippen molar-refractivity contribution in [3.63, 3.8) is 0 Å². The number of rotatable bonds is 2. The van der Waals surface area contributed by atoms with Crippen LogP contribution in [0.15, 0.2) is 18.2 Å². The van der Waals surface area contributed by atoms with Gasteiger partial charge in [-0.3, -0.25) is 4.79 Å². The lowest BCUT2D eigenvalue weighted by Crippen LogP contribution is -2.49. The van der Waals surface area contributed by atoms with Crippen LogP contribution in [0.25, 0.3) is 0 Å². The van der Waals surface area contributed by atoms with Gasteiger partial charge >= 0.3 is 5.97 Å². The minimum Gasteiger partial charge on any atom is -0.469 e. The van der Waals surface area contributed by atoms with Gasteiger partial charge in [-0.1, -0.05) is 0 Å². The van der Waals surface area contributed by atoms with E-state index in [4.69, 9.17) is 10.5 Å². The molecule has 19 heavy (non-hydrogen) atoms. The molecule has 0 aliphatic carbocycles. The lowest BCUT2D eigenvalue weighted by Gasteiger charge is -2.36. The van der Waals surface area contributed by atoms with Gasteiger partial charge in [-0.15, -0.1) is 0 Å². The Morgan fingerprint density at radius 1 is 1.42 bits per heavy atom. The Bertz CT molecular complexity index is 482. The molecule has 0 amide bonds. The van der Waals surface area contributed by atoms with E-state index in [0.717, 1.165) is 6.07 Å². The quantitative estimate of drug-likeness (QED) is 0.823. The Labute approximate surface area is 110 Å². The lowest BCUT2D eigenvalue weighted by atomic mass is 9.94. The zero-order chi connectivity index (χ0) is 14.0. The van der Waals surface area contributed by atoms with Gasteiger partial charge in [0.2, 0.25) is 0 Å². The number of carbonyl (C=O) groups is 1. The predicted octanol–water partition coefficient (Wildman–Crippen LogP) is 1.29. The molecule has 0 saturated carbocycles. The fraction of sp³-hybridized carbons (Fsp3) is 0.462. The van der Waals surface area contributed by atoms with E-state index in [9.17, 15) is 13.6 Å². The van der Waals surface area contributed by atoms with Crippen LogP contribution in [0.3, 0.4) is 0 Å². The standard InChI is InChI=1S/C13H16F2N2O2/c1-19-13(18)8-4-10(16)7-17(6-8)12-3-2-9(14)5-11(12)15/h2-3,5,8,10H,4,6-7,16H2,1H3. The highest BCUT2D eigenvalue weighted by Crippen LogP contribution is 2.26. The molecule has 4 nitrogen and oxygen atoms in total. The van der Waals surface area contributed by atoms with E-state index >= 15 is 0 Å². The first-order valence-corrected chi connectivity index (χ1v) is 6.04. The first kappa shape index (κ1) is 13.7. The number of piperidine rings is 1. The fourth-order valence-electron chi connectivity index (χ4n) is 2.41. The van der Waals surface area contributed by atoms with Gasteiger partial charge in [-0.2, -0.15) is 0 Å². The number of esters is 1. The monoisotopic (exact) mass is 270 g/mol. The molecule has 1 aliphatic rings. The Balaban J connectivity index is 2.21. The maximum Gasteiger partial charge on any atom is 0.310 e. The largest absolute Gasteiger partial charge is 0.469 e. The van der Waals surface area contributed by atoms with E-state index in [1.54, 1.807) is 4.90 Å². The fourth-order valence-corrected chi connectivity index (χ4v) is 2.41. The van der Waals surface area contributed by atoms with Crippen molar-refractivity contribution >= 4 is 11.7 Å². The number of nitrogens with zero attached hydrogens (tertiary/aromatic N) is 1. The summed E-state index contributed by atoms with van der Waals surface area (Å²) in [6.45, 7) is 0.749. The molecule has 104 valence electrons. The molecule has 0 radical (unpaired) electrons. The Morgan fingerprint density at radius 3 is 2.79 bits per heavy atom. The van der Waals surface area contributed by atoms with Crippen LogP contribution in [-0.4, -0.2) is 32.2 Å². The predicted molar refractivity (Wildman–Crippen MR) is 66.7 cm³/mol. The normalized spacial score (nSPS) is 23.3. The second-order valence-electron chi connectivity index (χ2n) is 4.72. The molecule has 2 unspecified atom stereocenters.